The Bertz CT molecular complexity index is 1490. The van der Waals surface area contributed by atoms with Crippen molar-refractivity contribution in [2.24, 2.45) is 0 Å². The summed E-state index contributed by atoms with van der Waals surface area (Å²) in [5, 5.41) is 4.36. The van der Waals surface area contributed by atoms with Gasteiger partial charge in [0, 0.05) is 42.8 Å². The lowest BCUT2D eigenvalue weighted by Gasteiger charge is -2.34. The summed E-state index contributed by atoms with van der Waals surface area (Å²) < 4.78 is 20.1. The van der Waals surface area contributed by atoms with Crippen molar-refractivity contribution in [1.82, 2.24) is 20.1 Å². The molecule has 0 radical (unpaired) electrons. The first-order chi connectivity index (χ1) is 18.4. The summed E-state index contributed by atoms with van der Waals surface area (Å²) in [6.45, 7) is 1.16. The number of piperazine rings is 1. The van der Waals surface area contributed by atoms with E-state index in [9.17, 15) is 23.6 Å². The Hall–Kier alpha value is -4.51. The van der Waals surface area contributed by atoms with Crippen molar-refractivity contribution in [3.63, 3.8) is 0 Å². The Kier molecular flexibility index (Phi) is 7.18. The van der Waals surface area contributed by atoms with Gasteiger partial charge in [-0.2, -0.15) is 0 Å². The summed E-state index contributed by atoms with van der Waals surface area (Å²) in [7, 11) is 0. The van der Waals surface area contributed by atoms with E-state index in [4.69, 9.17) is 4.74 Å². The maximum absolute atomic E-state index is 14.8. The highest BCUT2D eigenvalue weighted by atomic mass is 32.1. The van der Waals surface area contributed by atoms with Gasteiger partial charge >= 0.3 is 6.09 Å². The van der Waals surface area contributed by atoms with Crippen LogP contribution in [0.2, 0.25) is 0 Å². The van der Waals surface area contributed by atoms with E-state index in [1.165, 1.54) is 28.5 Å². The van der Waals surface area contributed by atoms with Crippen molar-refractivity contribution < 1.29 is 28.3 Å². The van der Waals surface area contributed by atoms with E-state index < -0.39 is 23.6 Å². The molecule has 5 rings (SSSR count). The summed E-state index contributed by atoms with van der Waals surface area (Å²) in [6.07, 6.45) is 0.493. The summed E-state index contributed by atoms with van der Waals surface area (Å²) in [5.41, 5.74) is 0.483. The molecule has 0 bridgehead atoms. The summed E-state index contributed by atoms with van der Waals surface area (Å²) in [5.74, 6) is -2.55. The molecule has 0 atom stereocenters. The first-order valence-electron chi connectivity index (χ1n) is 11.9. The number of hydrogen-bond acceptors (Lipinski definition) is 6. The van der Waals surface area contributed by atoms with Crippen LogP contribution in [-0.2, 0) is 11.3 Å². The number of hydrogen-bond donors (Lipinski definition) is 2. The van der Waals surface area contributed by atoms with Crippen LogP contribution in [0.15, 0.2) is 66.2 Å². The van der Waals surface area contributed by atoms with Gasteiger partial charge < -0.3 is 24.8 Å². The van der Waals surface area contributed by atoms with Crippen LogP contribution in [0.3, 0.4) is 0 Å². The highest BCUT2D eigenvalue weighted by molar-refractivity contribution is 7.09. The van der Waals surface area contributed by atoms with Crippen LogP contribution < -0.4 is 10.1 Å². The van der Waals surface area contributed by atoms with Crippen molar-refractivity contribution in [2.75, 3.05) is 26.2 Å². The predicted molar refractivity (Wildman–Crippen MR) is 139 cm³/mol. The van der Waals surface area contributed by atoms with E-state index in [1.54, 1.807) is 29.2 Å². The van der Waals surface area contributed by atoms with Crippen LogP contribution in [0.25, 0.3) is 10.9 Å². The van der Waals surface area contributed by atoms with Crippen molar-refractivity contribution >= 4 is 45.9 Å². The molecule has 38 heavy (non-hydrogen) atoms. The van der Waals surface area contributed by atoms with Crippen molar-refractivity contribution in [3.8, 4) is 5.75 Å². The molecular formula is C27H23FN4O5S. The molecule has 1 aliphatic heterocycles. The number of carbonyl (C=O) groups is 4. The Morgan fingerprint density at radius 2 is 1.68 bits per heavy atom. The lowest BCUT2D eigenvalue weighted by Crippen LogP contribution is -2.52. The highest BCUT2D eigenvalue weighted by Crippen LogP contribution is 2.30. The predicted octanol–water partition coefficient (Wildman–Crippen LogP) is 3.82. The van der Waals surface area contributed by atoms with Gasteiger partial charge in [-0.3, -0.25) is 14.4 Å². The van der Waals surface area contributed by atoms with Crippen molar-refractivity contribution in [1.29, 1.82) is 0 Å². The van der Waals surface area contributed by atoms with Crippen molar-refractivity contribution in [2.45, 2.75) is 6.54 Å². The lowest BCUT2D eigenvalue weighted by molar-refractivity contribution is -0.127. The van der Waals surface area contributed by atoms with Crippen LogP contribution in [0, 0.1) is 5.82 Å². The zero-order chi connectivity index (χ0) is 26.6. The number of nitrogens with zero attached hydrogens (tertiary/aromatic N) is 2. The Balaban J connectivity index is 1.26. The van der Waals surface area contributed by atoms with E-state index >= 15 is 0 Å². The highest BCUT2D eigenvalue weighted by Gasteiger charge is 2.31. The number of ether oxygens (including phenoxy) is 1. The van der Waals surface area contributed by atoms with Gasteiger partial charge in [-0.15, -0.1) is 11.3 Å². The Labute approximate surface area is 220 Å². The fourth-order valence-corrected chi connectivity index (χ4v) is 4.93. The smallest absolute Gasteiger partial charge is 0.408 e. The van der Waals surface area contributed by atoms with Crippen molar-refractivity contribution in [3.05, 3.63) is 88.0 Å². The molecule has 1 fully saturated rings. The topological polar surface area (TPSA) is 112 Å². The number of amides is 3. The number of Topliss-reactive ketones (excluding diaryl/α,β-unsaturated/α-hetero) is 1. The monoisotopic (exact) mass is 534 g/mol. The molecule has 1 saturated heterocycles. The van der Waals surface area contributed by atoms with E-state index in [1.807, 2.05) is 23.6 Å². The SMILES string of the molecule is O=C(NCc1cccs1)Oc1ccc(F)c2c(C(=O)C(=O)N3CCN(C(=O)c4ccccc4)CC3)c[nH]c12. The molecule has 3 heterocycles. The number of carbonyl (C=O) groups excluding carboxylic acids is 4. The van der Waals surface area contributed by atoms with Gasteiger partial charge in [0.25, 0.3) is 17.6 Å². The molecule has 1 aliphatic rings. The molecule has 3 amide bonds. The first-order valence-corrected chi connectivity index (χ1v) is 12.8. The van der Waals surface area contributed by atoms with Crippen LogP contribution in [0.1, 0.15) is 25.6 Å². The third-order valence-electron chi connectivity index (χ3n) is 6.25. The number of fused-ring (bicyclic) bond motifs is 1. The maximum atomic E-state index is 14.8. The van der Waals surface area contributed by atoms with Crippen LogP contribution in [-0.4, -0.2) is 64.7 Å². The minimum absolute atomic E-state index is 0.0182. The average Bonchev–Trinajstić information content (AvgIpc) is 3.64. The van der Waals surface area contributed by atoms with Crippen LogP contribution >= 0.6 is 11.3 Å². The van der Waals surface area contributed by atoms with Gasteiger partial charge in [-0.05, 0) is 35.7 Å². The third-order valence-corrected chi connectivity index (χ3v) is 7.13. The second kappa shape index (κ2) is 10.9. The maximum Gasteiger partial charge on any atom is 0.412 e. The molecule has 0 spiro atoms. The number of thiophene rings is 1. The molecule has 2 N–H and O–H groups in total. The zero-order valence-corrected chi connectivity index (χ0v) is 20.9. The minimum atomic E-state index is -0.891. The van der Waals surface area contributed by atoms with Gasteiger partial charge in [0.2, 0.25) is 0 Å². The van der Waals surface area contributed by atoms with E-state index in [0.29, 0.717) is 5.56 Å². The fraction of sp³-hybridized carbons (Fsp3) is 0.185. The zero-order valence-electron chi connectivity index (χ0n) is 20.1. The molecule has 0 unspecified atom stereocenters. The van der Waals surface area contributed by atoms with Gasteiger partial charge in [-0.25, -0.2) is 9.18 Å². The molecule has 11 heteroatoms. The van der Waals surface area contributed by atoms with Gasteiger partial charge in [-0.1, -0.05) is 24.3 Å². The number of ketones is 1. The number of halogens is 1. The molecular weight excluding hydrogens is 511 g/mol. The molecule has 2 aromatic carbocycles. The molecule has 2 aromatic heterocycles. The normalized spacial score (nSPS) is 13.4. The van der Waals surface area contributed by atoms with Gasteiger partial charge in [0.05, 0.1) is 23.0 Å². The second-order valence-corrected chi connectivity index (χ2v) is 9.63. The Morgan fingerprint density at radius 3 is 2.39 bits per heavy atom. The summed E-state index contributed by atoms with van der Waals surface area (Å²) in [6, 6.07) is 14.9. The summed E-state index contributed by atoms with van der Waals surface area (Å²) in [4.78, 5) is 57.7. The molecule has 9 nitrogen and oxygen atoms in total. The first kappa shape index (κ1) is 25.2. The van der Waals surface area contributed by atoms with E-state index in [0.717, 1.165) is 10.9 Å². The summed E-state index contributed by atoms with van der Waals surface area (Å²) >= 11 is 1.48. The molecule has 194 valence electrons. The van der Waals surface area contributed by atoms with E-state index in [-0.39, 0.29) is 60.8 Å². The standard InChI is InChI=1S/C27H23FN4O5S/c28-20-8-9-21(37-27(36)30-15-18-7-4-14-38-18)23-22(20)19(16-29-23)24(33)26(35)32-12-10-31(11-13-32)25(34)17-5-2-1-3-6-17/h1-9,14,16,29H,10-13,15H2,(H,30,36). The molecule has 4 aromatic rings. The molecule has 0 aliphatic carbocycles. The quantitative estimate of drug-likeness (QED) is 0.289. The lowest BCUT2D eigenvalue weighted by atomic mass is 10.1. The molecule has 0 saturated carbocycles. The fourth-order valence-electron chi connectivity index (χ4n) is 4.29. The number of aromatic amines is 1. The number of nitrogens with one attached hydrogen (secondary N) is 2. The number of benzene rings is 2. The van der Waals surface area contributed by atoms with Crippen LogP contribution in [0.4, 0.5) is 9.18 Å². The Morgan fingerprint density at radius 1 is 0.947 bits per heavy atom. The minimum Gasteiger partial charge on any atom is -0.408 e. The van der Waals surface area contributed by atoms with E-state index in [2.05, 4.69) is 10.3 Å². The second-order valence-electron chi connectivity index (χ2n) is 8.60. The van der Waals surface area contributed by atoms with Crippen LogP contribution in [0.5, 0.6) is 5.75 Å². The number of H-pyrrole nitrogens is 1. The average molecular weight is 535 g/mol. The van der Waals surface area contributed by atoms with Gasteiger partial charge in [0.1, 0.15) is 5.82 Å². The number of rotatable bonds is 6. The van der Waals surface area contributed by atoms with Gasteiger partial charge in [0.15, 0.2) is 5.75 Å². The number of aromatic nitrogens is 1. The largest absolute Gasteiger partial charge is 0.412 e. The third kappa shape index (κ3) is 5.14.